The van der Waals surface area contributed by atoms with Crippen molar-refractivity contribution in [1.29, 1.82) is 0 Å². The lowest BCUT2D eigenvalue weighted by Gasteiger charge is -2.39. The molecule has 4 fully saturated rings. The molecule has 2 aromatic carbocycles. The Kier molecular flexibility index (Phi) is 13.7. The quantitative estimate of drug-likeness (QED) is 0.228. The average molecular weight is 860 g/mol. The molecule has 0 spiro atoms. The monoisotopic (exact) mass is 859 g/mol. The summed E-state index contributed by atoms with van der Waals surface area (Å²) in [6.45, 7) is 3.59. The van der Waals surface area contributed by atoms with Gasteiger partial charge in [0, 0.05) is 44.7 Å². The Balaban J connectivity index is 1.29. The number of nitrogens with one attached hydrogen (secondary N) is 4. The van der Waals surface area contributed by atoms with Crippen molar-refractivity contribution in [2.75, 3.05) is 31.6 Å². The van der Waals surface area contributed by atoms with Crippen LogP contribution in [0.1, 0.15) is 64.9 Å². The van der Waals surface area contributed by atoms with E-state index in [1.807, 2.05) is 6.92 Å². The first-order valence-corrected chi connectivity index (χ1v) is 20.2. The number of amides is 7. The number of cyclic esters (lactones) is 1. The molecule has 0 aromatic heterocycles. The van der Waals surface area contributed by atoms with Gasteiger partial charge in [0.1, 0.15) is 60.2 Å². The average Bonchev–Trinajstić information content (AvgIpc) is 3.85. The number of carbonyl (C=O) groups excluding carboxylic acids is 7. The third kappa shape index (κ3) is 11.1. The van der Waals surface area contributed by atoms with E-state index in [0.29, 0.717) is 38.7 Å². The van der Waals surface area contributed by atoms with E-state index >= 15 is 0 Å². The highest BCUT2D eigenvalue weighted by Crippen LogP contribution is 2.28. The number of fused-ring (bicyclic) bond motifs is 3. The van der Waals surface area contributed by atoms with E-state index in [4.69, 9.17) is 4.74 Å². The van der Waals surface area contributed by atoms with Crippen LogP contribution < -0.4 is 26.0 Å². The van der Waals surface area contributed by atoms with Crippen molar-refractivity contribution in [3.63, 3.8) is 0 Å². The smallest absolute Gasteiger partial charge is 0.394 e. The largest absolute Gasteiger partial charge is 0.461 e. The summed E-state index contributed by atoms with van der Waals surface area (Å²) in [4.78, 5) is 101. The van der Waals surface area contributed by atoms with Crippen molar-refractivity contribution in [2.24, 2.45) is 5.92 Å². The zero-order valence-electron chi connectivity index (χ0n) is 33.9. The minimum Gasteiger partial charge on any atom is -0.461 e. The molecule has 0 aliphatic carbocycles. The normalized spacial score (nSPS) is 25.8. The van der Waals surface area contributed by atoms with Crippen LogP contribution >= 0.6 is 0 Å². The summed E-state index contributed by atoms with van der Waals surface area (Å²) in [6, 6.07) is -1.12. The highest BCUT2D eigenvalue weighted by Gasteiger charge is 2.46. The Hall–Kier alpha value is -5.95. The van der Waals surface area contributed by atoms with Gasteiger partial charge in [0.25, 0.3) is 0 Å². The lowest BCUT2D eigenvalue weighted by Crippen LogP contribution is -2.62. The van der Waals surface area contributed by atoms with Gasteiger partial charge in [-0.15, -0.1) is 0 Å². The van der Waals surface area contributed by atoms with E-state index in [9.17, 15) is 51.1 Å². The maximum atomic E-state index is 14.5. The summed E-state index contributed by atoms with van der Waals surface area (Å²) in [6.07, 6.45) is -1.60. The molecule has 6 rings (SSSR count). The van der Waals surface area contributed by atoms with Gasteiger partial charge >= 0.3 is 18.1 Å². The molecule has 330 valence electrons. The van der Waals surface area contributed by atoms with Gasteiger partial charge < -0.3 is 45.4 Å². The lowest BCUT2D eigenvalue weighted by atomic mass is 9.99. The molecule has 4 saturated heterocycles. The van der Waals surface area contributed by atoms with Crippen molar-refractivity contribution in [3.05, 3.63) is 59.7 Å². The van der Waals surface area contributed by atoms with E-state index < -0.39 is 109 Å². The second-order valence-electron chi connectivity index (χ2n) is 16.1. The van der Waals surface area contributed by atoms with Crippen LogP contribution in [0.25, 0.3) is 0 Å². The van der Waals surface area contributed by atoms with Crippen LogP contribution in [-0.2, 0) is 39.9 Å². The van der Waals surface area contributed by atoms with Gasteiger partial charge in [0.2, 0.25) is 29.5 Å². The Morgan fingerprint density at radius 2 is 1.52 bits per heavy atom. The van der Waals surface area contributed by atoms with E-state index in [1.54, 1.807) is 0 Å². The third-order valence-corrected chi connectivity index (χ3v) is 11.1. The molecule has 61 heavy (non-hydrogen) atoms. The number of ether oxygens (including phenoxy) is 2. The van der Waals surface area contributed by atoms with Gasteiger partial charge in [-0.05, 0) is 93.3 Å². The standard InChI is InChI=1S/C41H49F4N7O9/c1-22-15-33-39(58)60-21-30(37(56)51-14-6-8-32(51)38(57)50-13-5-4-7-31(50)35(54)46-23(2)36(55)52(33)20-22)48-34(53)29(18-24-16-25(42)19-26(43)17-24)49-40(59)47-27-9-11-28(12-10-27)61-41(3,44)45/h9-12,16-17,19,22-23,29-33H,4-8,13-15,18,20-21H2,1-3H3,(H,46,54)(H,48,53)(H2,47,49,59)/t22-,23+,29+,30+,31+,32+,33+/m1/s1. The van der Waals surface area contributed by atoms with Crippen LogP contribution in [0, 0.1) is 17.6 Å². The predicted molar refractivity (Wildman–Crippen MR) is 208 cm³/mol. The number of benzene rings is 2. The van der Waals surface area contributed by atoms with Crippen molar-refractivity contribution < 1.29 is 60.6 Å². The molecule has 0 bridgehead atoms. The van der Waals surface area contributed by atoms with E-state index in [2.05, 4.69) is 26.0 Å². The zero-order valence-corrected chi connectivity index (χ0v) is 33.9. The van der Waals surface area contributed by atoms with Crippen LogP contribution in [0.2, 0.25) is 0 Å². The van der Waals surface area contributed by atoms with Crippen molar-refractivity contribution in [1.82, 2.24) is 30.7 Å². The first kappa shape index (κ1) is 44.6. The molecule has 2 aromatic rings. The minimum absolute atomic E-state index is 0.0599. The molecule has 0 unspecified atom stereocenters. The van der Waals surface area contributed by atoms with Gasteiger partial charge in [-0.25, -0.2) is 18.4 Å². The number of hydrogen-bond donors (Lipinski definition) is 4. The van der Waals surface area contributed by atoms with E-state index in [1.165, 1.54) is 33.8 Å². The van der Waals surface area contributed by atoms with Crippen LogP contribution in [-0.4, -0.2) is 125 Å². The Morgan fingerprint density at radius 3 is 2.21 bits per heavy atom. The first-order chi connectivity index (χ1) is 28.9. The molecule has 7 atom stereocenters. The molecule has 4 aliphatic rings. The molecule has 0 radical (unpaired) electrons. The predicted octanol–water partition coefficient (Wildman–Crippen LogP) is 2.84. The SMILES string of the molecule is C[C@@H]1C[C@H]2C(=O)OC[C@H](NC(=O)[C@H](Cc3cc(F)cc(F)c3)NC(=O)Nc3ccc(OC(C)(F)F)cc3)C(=O)N3CCC[C@H]3C(=O)N3CCCC[C@H]3C(=O)N[C@@H](C)C(=O)N2C1. The lowest BCUT2D eigenvalue weighted by molar-refractivity contribution is -0.159. The Labute approximate surface area is 349 Å². The molecule has 7 amide bonds. The minimum atomic E-state index is -3.47. The van der Waals surface area contributed by atoms with Crippen molar-refractivity contribution in [3.8, 4) is 5.75 Å². The number of piperidine rings is 1. The van der Waals surface area contributed by atoms with Crippen LogP contribution in [0.3, 0.4) is 0 Å². The summed E-state index contributed by atoms with van der Waals surface area (Å²) in [5.74, 6) is -6.63. The first-order valence-electron chi connectivity index (χ1n) is 20.2. The fourth-order valence-corrected chi connectivity index (χ4v) is 8.30. The molecular weight excluding hydrogens is 810 g/mol. The Bertz CT molecular complexity index is 2000. The van der Waals surface area contributed by atoms with Crippen LogP contribution in [0.4, 0.5) is 28.0 Å². The molecule has 4 aliphatic heterocycles. The highest BCUT2D eigenvalue weighted by molar-refractivity contribution is 5.98. The molecule has 4 heterocycles. The number of anilines is 1. The van der Waals surface area contributed by atoms with Crippen molar-refractivity contribution in [2.45, 2.75) is 108 Å². The van der Waals surface area contributed by atoms with Crippen LogP contribution in [0.15, 0.2) is 42.5 Å². The third-order valence-electron chi connectivity index (χ3n) is 11.1. The highest BCUT2D eigenvalue weighted by atomic mass is 19.3. The molecule has 16 nitrogen and oxygen atoms in total. The zero-order chi connectivity index (χ0) is 44.2. The fraction of sp³-hybridized carbons (Fsp3) is 0.537. The maximum absolute atomic E-state index is 14.5. The molecule has 20 heteroatoms. The maximum Gasteiger partial charge on any atom is 0.394 e. The number of urea groups is 1. The summed E-state index contributed by atoms with van der Waals surface area (Å²) in [7, 11) is 0. The molecular formula is C41H49F4N7O9. The number of alkyl halides is 2. The van der Waals surface area contributed by atoms with E-state index in [-0.39, 0.29) is 55.4 Å². The number of nitrogens with zero attached hydrogens (tertiary/aromatic N) is 3. The second-order valence-corrected chi connectivity index (χ2v) is 16.1. The Morgan fingerprint density at radius 1 is 0.869 bits per heavy atom. The van der Waals surface area contributed by atoms with E-state index in [0.717, 1.165) is 24.3 Å². The van der Waals surface area contributed by atoms with Gasteiger partial charge in [-0.1, -0.05) is 6.92 Å². The van der Waals surface area contributed by atoms with Gasteiger partial charge in [0.15, 0.2) is 0 Å². The number of halogens is 4. The topological polar surface area (TPSA) is 196 Å². The summed E-state index contributed by atoms with van der Waals surface area (Å²) in [5, 5.41) is 10.1. The number of hydrogen-bond acceptors (Lipinski definition) is 9. The van der Waals surface area contributed by atoms with Gasteiger partial charge in [-0.2, -0.15) is 8.78 Å². The summed E-state index contributed by atoms with van der Waals surface area (Å²) < 4.78 is 65.4. The summed E-state index contributed by atoms with van der Waals surface area (Å²) >= 11 is 0. The fourth-order valence-electron chi connectivity index (χ4n) is 8.30. The van der Waals surface area contributed by atoms with Crippen LogP contribution in [0.5, 0.6) is 5.75 Å². The number of carbonyl (C=O) groups is 7. The van der Waals surface area contributed by atoms with Gasteiger partial charge in [0.05, 0.1) is 0 Å². The second kappa shape index (κ2) is 18.8. The van der Waals surface area contributed by atoms with Crippen molar-refractivity contribution >= 4 is 47.2 Å². The molecule has 4 N–H and O–H groups in total. The summed E-state index contributed by atoms with van der Waals surface area (Å²) in [5.41, 5.74) is 0.0246. The van der Waals surface area contributed by atoms with Gasteiger partial charge in [-0.3, -0.25) is 24.0 Å². The number of esters is 1. The molecule has 0 saturated carbocycles. The number of rotatable bonds is 8.